The van der Waals surface area contributed by atoms with E-state index < -0.39 is 5.97 Å². The molecule has 0 unspecified atom stereocenters. The van der Waals surface area contributed by atoms with E-state index in [1.807, 2.05) is 54.6 Å². The van der Waals surface area contributed by atoms with Gasteiger partial charge >= 0.3 is 5.97 Å². The Morgan fingerprint density at radius 1 is 0.933 bits per heavy atom. The molecule has 4 aromatic rings. The first kappa shape index (κ1) is 19.5. The smallest absolute Gasteiger partial charge is 0.337 e. The van der Waals surface area contributed by atoms with Crippen molar-refractivity contribution in [1.29, 1.82) is 0 Å². The highest BCUT2D eigenvalue weighted by molar-refractivity contribution is 7.16. The Bertz CT molecular complexity index is 1220. The van der Waals surface area contributed by atoms with Crippen molar-refractivity contribution in [2.24, 2.45) is 4.99 Å². The molecule has 0 atom stereocenters. The molecule has 0 radical (unpaired) electrons. The fourth-order valence-corrected chi connectivity index (χ4v) is 3.75. The van der Waals surface area contributed by atoms with Crippen LogP contribution in [0.15, 0.2) is 81.7 Å². The Hall–Kier alpha value is -3.84. The van der Waals surface area contributed by atoms with Crippen LogP contribution in [-0.2, 0) is 4.79 Å². The zero-order valence-corrected chi connectivity index (χ0v) is 16.8. The van der Waals surface area contributed by atoms with E-state index >= 15 is 0 Å². The molecule has 0 saturated carbocycles. The van der Waals surface area contributed by atoms with Crippen LogP contribution in [-0.4, -0.2) is 34.5 Å². The van der Waals surface area contributed by atoms with Gasteiger partial charge in [0.1, 0.15) is 0 Å². The number of thiophene rings is 1. The molecule has 0 spiro atoms. The summed E-state index contributed by atoms with van der Waals surface area (Å²) in [6, 6.07) is 21.7. The number of nitrogens with zero attached hydrogens (tertiary/aromatic N) is 3. The molecule has 0 aliphatic heterocycles. The molecule has 30 heavy (non-hydrogen) atoms. The molecule has 6 nitrogen and oxygen atoms in total. The number of hydrogen-bond acceptors (Lipinski definition) is 6. The maximum Gasteiger partial charge on any atom is 0.337 e. The highest BCUT2D eigenvalue weighted by atomic mass is 32.1. The molecule has 4 rings (SSSR count). The monoisotopic (exact) mass is 415 g/mol. The highest BCUT2D eigenvalue weighted by Gasteiger charge is 2.13. The summed E-state index contributed by atoms with van der Waals surface area (Å²) >= 11 is 1.37. The zero-order chi connectivity index (χ0) is 20.9. The molecule has 7 heteroatoms. The lowest BCUT2D eigenvalue weighted by Crippen LogP contribution is -2.00. The van der Waals surface area contributed by atoms with Gasteiger partial charge in [0.15, 0.2) is 0 Å². The number of carboxylic acid groups (broad SMARTS) is 1. The van der Waals surface area contributed by atoms with Crippen LogP contribution in [0.25, 0.3) is 39.4 Å². The van der Waals surface area contributed by atoms with Gasteiger partial charge in [-0.05, 0) is 41.5 Å². The molecule has 0 amide bonds. The van der Waals surface area contributed by atoms with E-state index in [9.17, 15) is 9.90 Å². The van der Waals surface area contributed by atoms with Gasteiger partial charge in [-0.2, -0.15) is 0 Å². The van der Waals surface area contributed by atoms with Gasteiger partial charge in [-0.15, -0.1) is 21.5 Å². The van der Waals surface area contributed by atoms with Crippen LogP contribution in [0.1, 0.15) is 4.88 Å². The second-order valence-electron chi connectivity index (χ2n) is 6.35. The largest absolute Gasteiger partial charge is 0.478 e. The minimum absolute atomic E-state index is 0.107. The summed E-state index contributed by atoms with van der Waals surface area (Å²) in [5.41, 5.74) is 3.19. The minimum Gasteiger partial charge on any atom is -0.478 e. The van der Waals surface area contributed by atoms with Crippen molar-refractivity contribution in [2.45, 2.75) is 0 Å². The predicted octanol–water partition coefficient (Wildman–Crippen LogP) is 5.30. The molecular formula is C23H17N3O3S. The van der Waals surface area contributed by atoms with E-state index in [0.717, 1.165) is 26.4 Å². The maximum absolute atomic E-state index is 11.2. The van der Waals surface area contributed by atoms with Crippen LogP contribution in [0.3, 0.4) is 0 Å². The molecule has 1 N–H and O–H groups in total. The number of aliphatic imine (C=N–C) groups is 1. The Balaban J connectivity index is 1.56. The standard InChI is InChI=1S/C23H17N3O3S/c1-24-14-18(23(27)28)13-19-11-12-20(30-19)22-26-25-21(29-22)17-9-7-16(8-10-17)15-5-3-2-4-6-15/h2-14H,1H3,(H,27,28)/b18-13-,24-14?. The van der Waals surface area contributed by atoms with Crippen molar-refractivity contribution < 1.29 is 14.3 Å². The SMILES string of the molecule is CN=C/C(=C/c1ccc(-c2nnc(-c3ccc(-c4ccccc4)cc3)o2)s1)C(=O)O. The van der Waals surface area contributed by atoms with Crippen LogP contribution in [0.4, 0.5) is 0 Å². The number of rotatable bonds is 6. The first-order chi connectivity index (χ1) is 14.6. The number of carbonyl (C=O) groups is 1. The van der Waals surface area contributed by atoms with Gasteiger partial charge in [0, 0.05) is 23.7 Å². The predicted molar refractivity (Wildman–Crippen MR) is 119 cm³/mol. The molecule has 0 aliphatic rings. The van der Waals surface area contributed by atoms with Crippen molar-refractivity contribution in [2.75, 3.05) is 7.05 Å². The molecular weight excluding hydrogens is 398 g/mol. The number of aromatic nitrogens is 2. The van der Waals surface area contributed by atoms with Crippen molar-refractivity contribution in [3.63, 3.8) is 0 Å². The maximum atomic E-state index is 11.2. The first-order valence-electron chi connectivity index (χ1n) is 9.11. The molecule has 0 bridgehead atoms. The van der Waals surface area contributed by atoms with Gasteiger partial charge in [0.2, 0.25) is 5.89 Å². The van der Waals surface area contributed by atoms with Gasteiger partial charge < -0.3 is 9.52 Å². The summed E-state index contributed by atoms with van der Waals surface area (Å²) in [7, 11) is 1.53. The summed E-state index contributed by atoms with van der Waals surface area (Å²) in [6.07, 6.45) is 2.87. The van der Waals surface area contributed by atoms with E-state index in [0.29, 0.717) is 11.8 Å². The van der Waals surface area contributed by atoms with Gasteiger partial charge in [-0.1, -0.05) is 42.5 Å². The summed E-state index contributed by atoms with van der Waals surface area (Å²) in [5, 5.41) is 17.5. The van der Waals surface area contributed by atoms with Crippen molar-refractivity contribution >= 4 is 29.6 Å². The van der Waals surface area contributed by atoms with Crippen LogP contribution in [0.5, 0.6) is 0 Å². The average molecular weight is 415 g/mol. The normalized spacial score (nSPS) is 11.8. The third-order valence-electron chi connectivity index (χ3n) is 4.31. The molecule has 148 valence electrons. The Kier molecular flexibility index (Phi) is 5.63. The molecule has 2 heterocycles. The molecule has 2 aromatic carbocycles. The quantitative estimate of drug-likeness (QED) is 0.341. The third kappa shape index (κ3) is 4.26. The Labute approximate surface area is 176 Å². The van der Waals surface area contributed by atoms with Crippen molar-refractivity contribution in [1.82, 2.24) is 10.2 Å². The van der Waals surface area contributed by atoms with Gasteiger partial charge in [-0.25, -0.2) is 4.79 Å². The van der Waals surface area contributed by atoms with E-state index in [1.54, 1.807) is 6.08 Å². The summed E-state index contributed by atoms with van der Waals surface area (Å²) < 4.78 is 5.84. The number of aliphatic carboxylic acids is 1. The first-order valence-corrected chi connectivity index (χ1v) is 9.92. The summed E-state index contributed by atoms with van der Waals surface area (Å²) in [5.74, 6) is -0.211. The van der Waals surface area contributed by atoms with Crippen LogP contribution in [0.2, 0.25) is 0 Å². The van der Waals surface area contributed by atoms with E-state index in [1.165, 1.54) is 24.6 Å². The molecule has 0 fully saturated rings. The van der Waals surface area contributed by atoms with E-state index in [-0.39, 0.29) is 5.57 Å². The Morgan fingerprint density at radius 2 is 1.60 bits per heavy atom. The number of hydrogen-bond donors (Lipinski definition) is 1. The molecule has 2 aromatic heterocycles. The highest BCUT2D eigenvalue weighted by Crippen LogP contribution is 2.31. The summed E-state index contributed by atoms with van der Waals surface area (Å²) in [6.45, 7) is 0. The molecule has 0 aliphatic carbocycles. The van der Waals surface area contributed by atoms with Gasteiger partial charge in [0.05, 0.1) is 10.5 Å². The third-order valence-corrected chi connectivity index (χ3v) is 5.33. The fourth-order valence-electron chi connectivity index (χ4n) is 2.87. The second-order valence-corrected chi connectivity index (χ2v) is 7.47. The minimum atomic E-state index is -1.03. The van der Waals surface area contributed by atoms with Gasteiger partial charge in [-0.3, -0.25) is 4.99 Å². The van der Waals surface area contributed by atoms with Gasteiger partial charge in [0.25, 0.3) is 5.89 Å². The second kappa shape index (κ2) is 8.67. The average Bonchev–Trinajstić information content (AvgIpc) is 3.44. The topological polar surface area (TPSA) is 88.6 Å². The lowest BCUT2D eigenvalue weighted by Gasteiger charge is -2.01. The van der Waals surface area contributed by atoms with E-state index in [4.69, 9.17) is 4.42 Å². The van der Waals surface area contributed by atoms with Crippen LogP contribution >= 0.6 is 11.3 Å². The van der Waals surface area contributed by atoms with E-state index in [2.05, 4.69) is 27.3 Å². The lowest BCUT2D eigenvalue weighted by molar-refractivity contribution is -0.131. The number of benzene rings is 2. The lowest BCUT2D eigenvalue weighted by atomic mass is 10.0. The Morgan fingerprint density at radius 3 is 2.30 bits per heavy atom. The van der Waals surface area contributed by atoms with Crippen LogP contribution in [0, 0.1) is 0 Å². The number of carboxylic acids is 1. The van der Waals surface area contributed by atoms with Crippen LogP contribution < -0.4 is 0 Å². The zero-order valence-electron chi connectivity index (χ0n) is 16.0. The fraction of sp³-hybridized carbons (Fsp3) is 0.0435. The summed E-state index contributed by atoms with van der Waals surface area (Å²) in [4.78, 5) is 16.5. The molecule has 0 saturated heterocycles. The van der Waals surface area contributed by atoms with Crippen molar-refractivity contribution in [3.05, 3.63) is 77.2 Å². The van der Waals surface area contributed by atoms with Crippen molar-refractivity contribution in [3.8, 4) is 33.3 Å².